The molecule has 20 heavy (non-hydrogen) atoms. The molecule has 0 saturated heterocycles. The van der Waals surface area contributed by atoms with Crippen molar-refractivity contribution in [2.75, 3.05) is 6.61 Å². The molecule has 0 amide bonds. The second-order valence-corrected chi connectivity index (χ2v) is 4.82. The highest BCUT2D eigenvalue weighted by molar-refractivity contribution is 5.87. The van der Waals surface area contributed by atoms with E-state index in [1.54, 1.807) is 12.1 Å². The van der Waals surface area contributed by atoms with Crippen LogP contribution in [0.25, 0.3) is 0 Å². The smallest absolute Gasteiger partial charge is 0.335 e. The van der Waals surface area contributed by atoms with E-state index in [4.69, 9.17) is 9.84 Å². The van der Waals surface area contributed by atoms with E-state index in [0.717, 1.165) is 28.9 Å². The topological polar surface area (TPSA) is 46.5 Å². The fourth-order valence-electron chi connectivity index (χ4n) is 2.11. The molecule has 0 radical (unpaired) electrons. The van der Waals surface area contributed by atoms with Crippen molar-refractivity contribution in [1.82, 2.24) is 0 Å². The zero-order valence-electron chi connectivity index (χ0n) is 11.7. The largest absolute Gasteiger partial charge is 0.493 e. The van der Waals surface area contributed by atoms with E-state index in [2.05, 4.69) is 0 Å². The lowest BCUT2D eigenvalue weighted by molar-refractivity contribution is 0.0697. The predicted molar refractivity (Wildman–Crippen MR) is 78.5 cm³/mol. The monoisotopic (exact) mass is 270 g/mol. The number of carboxylic acids is 1. The maximum Gasteiger partial charge on any atom is 0.335 e. The van der Waals surface area contributed by atoms with E-state index in [1.807, 2.05) is 44.2 Å². The van der Waals surface area contributed by atoms with Crippen LogP contribution < -0.4 is 4.74 Å². The van der Waals surface area contributed by atoms with E-state index < -0.39 is 5.97 Å². The SMILES string of the molecule is Cc1cccc(C)c1OCCc1ccc(C(=O)O)cc1. The molecule has 0 bridgehead atoms. The summed E-state index contributed by atoms with van der Waals surface area (Å²) in [7, 11) is 0. The van der Waals surface area contributed by atoms with Crippen LogP contribution in [0.5, 0.6) is 5.75 Å². The maximum atomic E-state index is 10.8. The van der Waals surface area contributed by atoms with Crippen molar-refractivity contribution < 1.29 is 14.6 Å². The summed E-state index contributed by atoms with van der Waals surface area (Å²) in [6.45, 7) is 4.64. The summed E-state index contributed by atoms with van der Waals surface area (Å²) in [5.41, 5.74) is 3.64. The van der Waals surface area contributed by atoms with Crippen LogP contribution in [0.2, 0.25) is 0 Å². The standard InChI is InChI=1S/C17H18O3/c1-12-4-3-5-13(2)16(12)20-11-10-14-6-8-15(9-7-14)17(18)19/h3-9H,10-11H2,1-2H3,(H,18,19). The average Bonchev–Trinajstić information content (AvgIpc) is 2.42. The lowest BCUT2D eigenvalue weighted by Gasteiger charge is -2.11. The lowest BCUT2D eigenvalue weighted by Crippen LogP contribution is -2.04. The summed E-state index contributed by atoms with van der Waals surface area (Å²) < 4.78 is 5.83. The summed E-state index contributed by atoms with van der Waals surface area (Å²) in [6, 6.07) is 13.0. The van der Waals surface area contributed by atoms with Crippen LogP contribution in [0.3, 0.4) is 0 Å². The van der Waals surface area contributed by atoms with Gasteiger partial charge in [-0.25, -0.2) is 4.79 Å². The van der Waals surface area contributed by atoms with Crippen molar-refractivity contribution in [2.24, 2.45) is 0 Å². The number of hydrogen-bond acceptors (Lipinski definition) is 2. The van der Waals surface area contributed by atoms with Gasteiger partial charge in [-0.15, -0.1) is 0 Å². The van der Waals surface area contributed by atoms with Crippen molar-refractivity contribution in [3.63, 3.8) is 0 Å². The maximum absolute atomic E-state index is 10.8. The van der Waals surface area contributed by atoms with Crippen LogP contribution in [0, 0.1) is 13.8 Å². The number of ether oxygens (including phenoxy) is 1. The third-order valence-electron chi connectivity index (χ3n) is 3.25. The molecule has 0 aliphatic rings. The molecule has 3 heteroatoms. The van der Waals surface area contributed by atoms with Gasteiger partial charge < -0.3 is 9.84 Å². The number of carboxylic acid groups (broad SMARTS) is 1. The highest BCUT2D eigenvalue weighted by Crippen LogP contribution is 2.22. The van der Waals surface area contributed by atoms with Gasteiger partial charge >= 0.3 is 5.97 Å². The molecule has 0 saturated carbocycles. The number of para-hydroxylation sites is 1. The van der Waals surface area contributed by atoms with E-state index in [-0.39, 0.29) is 0 Å². The highest BCUT2D eigenvalue weighted by atomic mass is 16.5. The molecule has 104 valence electrons. The van der Waals surface area contributed by atoms with Gasteiger partial charge in [0.25, 0.3) is 0 Å². The summed E-state index contributed by atoms with van der Waals surface area (Å²) in [5.74, 6) is 0.0398. The van der Waals surface area contributed by atoms with Gasteiger partial charge in [-0.2, -0.15) is 0 Å². The third-order valence-corrected chi connectivity index (χ3v) is 3.25. The van der Waals surface area contributed by atoms with Gasteiger partial charge in [-0.05, 0) is 42.7 Å². The third kappa shape index (κ3) is 3.38. The lowest BCUT2D eigenvalue weighted by atomic mass is 10.1. The van der Waals surface area contributed by atoms with Crippen LogP contribution in [0.15, 0.2) is 42.5 Å². The molecule has 0 aromatic heterocycles. The number of carbonyl (C=O) groups is 1. The van der Waals surface area contributed by atoms with Crippen molar-refractivity contribution in [3.05, 3.63) is 64.7 Å². The Bertz CT molecular complexity index is 580. The van der Waals surface area contributed by atoms with E-state index in [1.165, 1.54) is 0 Å². The molecule has 0 atom stereocenters. The first-order valence-corrected chi connectivity index (χ1v) is 6.59. The van der Waals surface area contributed by atoms with Crippen molar-refractivity contribution >= 4 is 5.97 Å². The minimum Gasteiger partial charge on any atom is -0.493 e. The van der Waals surface area contributed by atoms with Gasteiger partial charge in [0.2, 0.25) is 0 Å². The predicted octanol–water partition coefficient (Wildman–Crippen LogP) is 3.62. The number of rotatable bonds is 5. The van der Waals surface area contributed by atoms with Gasteiger partial charge in [0.05, 0.1) is 12.2 Å². The van der Waals surface area contributed by atoms with Crippen LogP contribution in [0.1, 0.15) is 27.0 Å². The molecule has 1 N–H and O–H groups in total. The zero-order valence-corrected chi connectivity index (χ0v) is 11.7. The molecule has 2 rings (SSSR count). The first-order chi connectivity index (χ1) is 9.58. The second-order valence-electron chi connectivity index (χ2n) is 4.82. The molecule has 0 fully saturated rings. The molecular weight excluding hydrogens is 252 g/mol. The molecule has 0 spiro atoms. The Kier molecular flexibility index (Phi) is 4.41. The van der Waals surface area contributed by atoms with Gasteiger partial charge in [0.1, 0.15) is 5.75 Å². The van der Waals surface area contributed by atoms with E-state index in [9.17, 15) is 4.79 Å². The summed E-state index contributed by atoms with van der Waals surface area (Å²) in [4.78, 5) is 10.8. The fraction of sp³-hybridized carbons (Fsp3) is 0.235. The number of benzene rings is 2. The molecule has 0 aliphatic heterocycles. The summed E-state index contributed by atoms with van der Waals surface area (Å²) >= 11 is 0. The average molecular weight is 270 g/mol. The number of aryl methyl sites for hydroxylation is 2. The molecule has 0 unspecified atom stereocenters. The molecule has 2 aromatic carbocycles. The second kappa shape index (κ2) is 6.24. The van der Waals surface area contributed by atoms with Gasteiger partial charge in [-0.1, -0.05) is 30.3 Å². The molecule has 3 nitrogen and oxygen atoms in total. The Balaban J connectivity index is 1.94. The summed E-state index contributed by atoms with van der Waals surface area (Å²) in [6.07, 6.45) is 0.758. The van der Waals surface area contributed by atoms with Crippen LogP contribution >= 0.6 is 0 Å². The Labute approximate surface area is 118 Å². The van der Waals surface area contributed by atoms with Gasteiger partial charge in [0, 0.05) is 6.42 Å². The van der Waals surface area contributed by atoms with Crippen LogP contribution in [-0.4, -0.2) is 17.7 Å². The van der Waals surface area contributed by atoms with E-state index in [0.29, 0.717) is 12.2 Å². The Morgan fingerprint density at radius 1 is 1.05 bits per heavy atom. The molecule has 0 aliphatic carbocycles. The number of hydrogen-bond donors (Lipinski definition) is 1. The molecular formula is C17H18O3. The first kappa shape index (κ1) is 14.1. The highest BCUT2D eigenvalue weighted by Gasteiger charge is 2.04. The Morgan fingerprint density at radius 2 is 1.65 bits per heavy atom. The van der Waals surface area contributed by atoms with Crippen molar-refractivity contribution in [2.45, 2.75) is 20.3 Å². The van der Waals surface area contributed by atoms with Gasteiger partial charge in [0.15, 0.2) is 0 Å². The molecule has 2 aromatic rings. The van der Waals surface area contributed by atoms with Crippen LogP contribution in [0.4, 0.5) is 0 Å². The number of aromatic carboxylic acids is 1. The van der Waals surface area contributed by atoms with Crippen molar-refractivity contribution in [3.8, 4) is 5.75 Å². The Morgan fingerprint density at radius 3 is 2.20 bits per heavy atom. The fourth-order valence-corrected chi connectivity index (χ4v) is 2.11. The van der Waals surface area contributed by atoms with Crippen LogP contribution in [-0.2, 0) is 6.42 Å². The zero-order chi connectivity index (χ0) is 14.5. The Hall–Kier alpha value is -2.29. The minimum atomic E-state index is -0.900. The van der Waals surface area contributed by atoms with Gasteiger partial charge in [-0.3, -0.25) is 0 Å². The first-order valence-electron chi connectivity index (χ1n) is 6.59. The normalized spacial score (nSPS) is 10.3. The minimum absolute atomic E-state index is 0.310. The molecule has 0 heterocycles. The van der Waals surface area contributed by atoms with Crippen molar-refractivity contribution in [1.29, 1.82) is 0 Å². The van der Waals surface area contributed by atoms with E-state index >= 15 is 0 Å². The summed E-state index contributed by atoms with van der Waals surface area (Å²) in [5, 5.41) is 8.84. The quantitative estimate of drug-likeness (QED) is 0.902.